The van der Waals surface area contributed by atoms with Gasteiger partial charge in [0, 0.05) is 21.7 Å². The summed E-state index contributed by atoms with van der Waals surface area (Å²) < 4.78 is 5.21. The molecule has 4 heteroatoms. The lowest BCUT2D eigenvalue weighted by molar-refractivity contribution is 0.414. The number of rotatable bonds is 7. The number of hydrogen-bond donors (Lipinski definition) is 1. The van der Waals surface area contributed by atoms with Crippen LogP contribution < -0.4 is 10.1 Å². The van der Waals surface area contributed by atoms with Gasteiger partial charge in [0.2, 0.25) is 0 Å². The normalized spacial score (nSPS) is 12.1. The monoisotopic (exact) mass is 321 g/mol. The van der Waals surface area contributed by atoms with Crippen molar-refractivity contribution in [2.45, 2.75) is 17.9 Å². The van der Waals surface area contributed by atoms with Gasteiger partial charge in [-0.1, -0.05) is 36.7 Å². The zero-order valence-electron chi connectivity index (χ0n) is 12.3. The van der Waals surface area contributed by atoms with Crippen LogP contribution in [0.15, 0.2) is 53.4 Å². The molecule has 2 aromatic rings. The molecule has 0 radical (unpaired) electrons. The summed E-state index contributed by atoms with van der Waals surface area (Å²) in [5, 5.41) is 4.31. The van der Waals surface area contributed by atoms with Gasteiger partial charge in [-0.3, -0.25) is 0 Å². The number of ether oxygens (including phenoxy) is 1. The predicted molar refractivity (Wildman–Crippen MR) is 91.6 cm³/mol. The third-order valence-corrected chi connectivity index (χ3v) is 4.50. The topological polar surface area (TPSA) is 21.3 Å². The average molecular weight is 322 g/mol. The molecule has 0 saturated heterocycles. The maximum atomic E-state index is 6.03. The highest BCUT2D eigenvalue weighted by Gasteiger charge is 2.11. The zero-order chi connectivity index (χ0) is 15.1. The van der Waals surface area contributed by atoms with Crippen molar-refractivity contribution >= 4 is 23.4 Å². The molecule has 0 amide bonds. The van der Waals surface area contributed by atoms with Gasteiger partial charge < -0.3 is 10.1 Å². The highest BCUT2D eigenvalue weighted by molar-refractivity contribution is 7.99. The van der Waals surface area contributed by atoms with Crippen LogP contribution in [0.4, 0.5) is 0 Å². The van der Waals surface area contributed by atoms with Crippen LogP contribution in [0.2, 0.25) is 5.02 Å². The maximum Gasteiger partial charge on any atom is 0.118 e. The van der Waals surface area contributed by atoms with Crippen molar-refractivity contribution in [1.29, 1.82) is 0 Å². The zero-order valence-corrected chi connectivity index (χ0v) is 13.9. The lowest BCUT2D eigenvalue weighted by atomic mass is 10.1. The highest BCUT2D eigenvalue weighted by atomic mass is 35.5. The molecule has 2 aromatic carbocycles. The second-order valence-corrected chi connectivity index (χ2v) is 6.18. The van der Waals surface area contributed by atoms with Gasteiger partial charge in [0.1, 0.15) is 5.75 Å². The molecule has 0 aliphatic carbocycles. The molecule has 1 unspecified atom stereocenters. The standard InChI is InChI=1S/C17H20ClNOS/c1-3-19-17(13-7-9-15(20-2)10-8-13)12-21-16-6-4-5-14(18)11-16/h4-11,17,19H,3,12H2,1-2H3. The van der Waals surface area contributed by atoms with Crippen molar-refractivity contribution in [2.24, 2.45) is 0 Å². The van der Waals surface area contributed by atoms with E-state index in [-0.39, 0.29) is 0 Å². The number of benzene rings is 2. The Bertz CT molecular complexity index is 559. The summed E-state index contributed by atoms with van der Waals surface area (Å²) in [6.07, 6.45) is 0. The molecule has 2 nitrogen and oxygen atoms in total. The predicted octanol–water partition coefficient (Wildman–Crippen LogP) is 4.79. The quantitative estimate of drug-likeness (QED) is 0.741. The van der Waals surface area contributed by atoms with Gasteiger partial charge in [0.05, 0.1) is 7.11 Å². The van der Waals surface area contributed by atoms with Crippen molar-refractivity contribution in [3.05, 3.63) is 59.1 Å². The van der Waals surface area contributed by atoms with Crippen molar-refractivity contribution in [1.82, 2.24) is 5.32 Å². The Labute approximate surface area is 135 Å². The SMILES string of the molecule is CCNC(CSc1cccc(Cl)c1)c1ccc(OC)cc1. The average Bonchev–Trinajstić information content (AvgIpc) is 2.52. The second kappa shape index (κ2) is 8.32. The Balaban J connectivity index is 2.04. The van der Waals surface area contributed by atoms with Crippen LogP contribution in [0.3, 0.4) is 0 Å². The lowest BCUT2D eigenvalue weighted by Gasteiger charge is -2.18. The first-order chi connectivity index (χ1) is 10.2. The first-order valence-electron chi connectivity index (χ1n) is 6.98. The minimum Gasteiger partial charge on any atom is -0.497 e. The Hall–Kier alpha value is -1.16. The number of hydrogen-bond acceptors (Lipinski definition) is 3. The summed E-state index contributed by atoms with van der Waals surface area (Å²) in [6, 6.07) is 16.5. The summed E-state index contributed by atoms with van der Waals surface area (Å²) in [4.78, 5) is 1.19. The number of nitrogens with one attached hydrogen (secondary N) is 1. The van der Waals surface area contributed by atoms with Crippen LogP contribution in [-0.4, -0.2) is 19.4 Å². The first-order valence-corrected chi connectivity index (χ1v) is 8.35. The van der Waals surface area contributed by atoms with Crippen molar-refractivity contribution in [2.75, 3.05) is 19.4 Å². The van der Waals surface area contributed by atoms with Crippen LogP contribution in [0.5, 0.6) is 5.75 Å². The molecule has 2 rings (SSSR count). The molecule has 21 heavy (non-hydrogen) atoms. The Kier molecular flexibility index (Phi) is 6.43. The first kappa shape index (κ1) is 16.2. The van der Waals surface area contributed by atoms with E-state index >= 15 is 0 Å². The van der Waals surface area contributed by atoms with E-state index in [9.17, 15) is 0 Å². The Morgan fingerprint density at radius 3 is 2.57 bits per heavy atom. The molecular weight excluding hydrogens is 302 g/mol. The summed E-state index contributed by atoms with van der Waals surface area (Å²) in [5.74, 6) is 1.84. The van der Waals surface area contributed by atoms with Gasteiger partial charge in [0.15, 0.2) is 0 Å². The van der Waals surface area contributed by atoms with Crippen molar-refractivity contribution in [3.63, 3.8) is 0 Å². The molecule has 0 aliphatic heterocycles. The fraction of sp³-hybridized carbons (Fsp3) is 0.294. The number of methoxy groups -OCH3 is 1. The molecule has 0 fully saturated rings. The summed E-state index contributed by atoms with van der Waals surface area (Å²) in [6.45, 7) is 3.06. The van der Waals surface area contributed by atoms with E-state index in [4.69, 9.17) is 16.3 Å². The molecule has 0 bridgehead atoms. The van der Waals surface area contributed by atoms with Gasteiger partial charge in [-0.05, 0) is 42.4 Å². The van der Waals surface area contributed by atoms with Crippen LogP contribution >= 0.6 is 23.4 Å². The molecular formula is C17H20ClNOS. The number of halogens is 1. The Morgan fingerprint density at radius 2 is 1.95 bits per heavy atom. The minimum atomic E-state index is 0.310. The van der Waals surface area contributed by atoms with Crippen LogP contribution in [0, 0.1) is 0 Å². The molecule has 1 atom stereocenters. The minimum absolute atomic E-state index is 0.310. The summed E-state index contributed by atoms with van der Waals surface area (Å²) in [5.41, 5.74) is 1.27. The van der Waals surface area contributed by atoms with Gasteiger partial charge in [-0.25, -0.2) is 0 Å². The smallest absolute Gasteiger partial charge is 0.118 e. The molecule has 1 N–H and O–H groups in total. The summed E-state index contributed by atoms with van der Waals surface area (Å²) >= 11 is 7.84. The largest absolute Gasteiger partial charge is 0.497 e. The number of thioether (sulfide) groups is 1. The van der Waals surface area contributed by atoms with Gasteiger partial charge in [0.25, 0.3) is 0 Å². The van der Waals surface area contributed by atoms with E-state index in [1.54, 1.807) is 7.11 Å². The molecule has 112 valence electrons. The van der Waals surface area contributed by atoms with E-state index in [1.165, 1.54) is 10.5 Å². The summed E-state index contributed by atoms with van der Waals surface area (Å²) in [7, 11) is 1.69. The third kappa shape index (κ3) is 4.95. The fourth-order valence-corrected chi connectivity index (χ4v) is 3.40. The van der Waals surface area contributed by atoms with E-state index in [1.807, 2.05) is 42.1 Å². The highest BCUT2D eigenvalue weighted by Crippen LogP contribution is 2.27. The molecule has 0 spiro atoms. The molecule has 0 saturated carbocycles. The third-order valence-electron chi connectivity index (χ3n) is 3.18. The molecule has 0 aromatic heterocycles. The van der Waals surface area contributed by atoms with Crippen molar-refractivity contribution in [3.8, 4) is 5.75 Å². The van der Waals surface area contributed by atoms with Gasteiger partial charge in [-0.2, -0.15) is 0 Å². The van der Waals surface area contributed by atoms with E-state index in [0.717, 1.165) is 23.1 Å². The fourth-order valence-electron chi connectivity index (χ4n) is 2.09. The lowest BCUT2D eigenvalue weighted by Crippen LogP contribution is -2.22. The van der Waals surface area contributed by atoms with Crippen molar-refractivity contribution < 1.29 is 4.74 Å². The van der Waals surface area contributed by atoms with E-state index in [0.29, 0.717) is 6.04 Å². The second-order valence-electron chi connectivity index (χ2n) is 4.65. The van der Waals surface area contributed by atoms with Gasteiger partial charge in [-0.15, -0.1) is 11.8 Å². The van der Waals surface area contributed by atoms with Crippen LogP contribution in [0.1, 0.15) is 18.5 Å². The Morgan fingerprint density at radius 1 is 1.19 bits per heavy atom. The van der Waals surface area contributed by atoms with Crippen LogP contribution in [-0.2, 0) is 0 Å². The molecule has 0 heterocycles. The molecule has 0 aliphatic rings. The van der Waals surface area contributed by atoms with Crippen LogP contribution in [0.25, 0.3) is 0 Å². The van der Waals surface area contributed by atoms with E-state index < -0.39 is 0 Å². The van der Waals surface area contributed by atoms with Gasteiger partial charge >= 0.3 is 0 Å². The maximum absolute atomic E-state index is 6.03. The van der Waals surface area contributed by atoms with E-state index in [2.05, 4.69) is 30.4 Å².